The van der Waals surface area contributed by atoms with Crippen LogP contribution < -0.4 is 0 Å². The summed E-state index contributed by atoms with van der Waals surface area (Å²) in [4.78, 5) is 13.6. The van der Waals surface area contributed by atoms with Crippen LogP contribution in [-0.4, -0.2) is 42.7 Å². The molecule has 6 heteroatoms. The predicted molar refractivity (Wildman–Crippen MR) is 72.7 cm³/mol. The van der Waals surface area contributed by atoms with Crippen molar-refractivity contribution in [3.05, 3.63) is 24.3 Å². The van der Waals surface area contributed by atoms with Crippen molar-refractivity contribution in [1.82, 2.24) is 4.90 Å². The quantitative estimate of drug-likeness (QED) is 0.888. The van der Waals surface area contributed by atoms with Gasteiger partial charge < -0.3 is 10.0 Å². The predicted octanol–water partition coefficient (Wildman–Crippen LogP) is 1.42. The maximum atomic E-state index is 12.3. The van der Waals surface area contributed by atoms with Crippen LogP contribution in [0.3, 0.4) is 0 Å². The van der Waals surface area contributed by atoms with Gasteiger partial charge in [0.25, 0.3) is 0 Å². The Morgan fingerprint density at radius 1 is 1.21 bits per heavy atom. The number of hydrogen-bond acceptors (Lipinski definition) is 4. The number of phenols is 1. The van der Waals surface area contributed by atoms with E-state index in [0.29, 0.717) is 13.1 Å². The molecule has 0 aliphatic carbocycles. The van der Waals surface area contributed by atoms with Gasteiger partial charge in [-0.25, -0.2) is 8.42 Å². The minimum Gasteiger partial charge on any atom is -0.508 e. The van der Waals surface area contributed by atoms with Gasteiger partial charge in [-0.3, -0.25) is 4.79 Å². The minimum absolute atomic E-state index is 0.0123. The summed E-state index contributed by atoms with van der Waals surface area (Å²) >= 11 is 0. The third-order valence-electron chi connectivity index (χ3n) is 3.05. The van der Waals surface area contributed by atoms with Gasteiger partial charge in [-0.15, -0.1) is 0 Å². The standard InChI is InChI=1S/C13H19NO4S/c1-4-14(5-2)13(16)10(3)19(17,18)12-8-6-11(15)7-9-12/h6-10,15H,4-5H2,1-3H3/t10-/m1/s1. The molecule has 0 bridgehead atoms. The van der Waals surface area contributed by atoms with E-state index in [1.54, 1.807) is 13.8 Å². The summed E-state index contributed by atoms with van der Waals surface area (Å²) in [5.41, 5.74) is 0. The molecule has 0 radical (unpaired) electrons. The minimum atomic E-state index is -3.72. The van der Waals surface area contributed by atoms with Gasteiger partial charge in [-0.2, -0.15) is 0 Å². The summed E-state index contributed by atoms with van der Waals surface area (Å²) < 4.78 is 24.6. The summed E-state index contributed by atoms with van der Waals surface area (Å²) in [7, 11) is -3.72. The number of amides is 1. The second-order valence-electron chi connectivity index (χ2n) is 4.19. The van der Waals surface area contributed by atoms with E-state index >= 15 is 0 Å². The largest absolute Gasteiger partial charge is 0.508 e. The maximum Gasteiger partial charge on any atom is 0.240 e. The van der Waals surface area contributed by atoms with E-state index in [-0.39, 0.29) is 10.6 Å². The smallest absolute Gasteiger partial charge is 0.240 e. The number of carbonyl (C=O) groups excluding carboxylic acids is 1. The molecule has 0 aliphatic rings. The van der Waals surface area contributed by atoms with Crippen LogP contribution in [0.4, 0.5) is 0 Å². The van der Waals surface area contributed by atoms with Crippen molar-refractivity contribution in [3.63, 3.8) is 0 Å². The molecule has 1 atom stereocenters. The Labute approximate surface area is 113 Å². The molecule has 0 heterocycles. The fraction of sp³-hybridized carbons (Fsp3) is 0.462. The van der Waals surface area contributed by atoms with Crippen LogP contribution in [0.25, 0.3) is 0 Å². The number of nitrogens with zero attached hydrogens (tertiary/aromatic N) is 1. The monoisotopic (exact) mass is 285 g/mol. The Morgan fingerprint density at radius 3 is 2.11 bits per heavy atom. The van der Waals surface area contributed by atoms with Crippen LogP contribution in [0.15, 0.2) is 29.2 Å². The first kappa shape index (κ1) is 15.5. The summed E-state index contributed by atoms with van der Waals surface area (Å²) in [6.45, 7) is 5.96. The molecule has 1 aromatic carbocycles. The van der Waals surface area contributed by atoms with E-state index in [1.807, 2.05) is 0 Å². The molecule has 0 aliphatic heterocycles. The van der Waals surface area contributed by atoms with Crippen LogP contribution in [-0.2, 0) is 14.6 Å². The lowest BCUT2D eigenvalue weighted by Gasteiger charge is -2.22. The molecule has 1 aromatic rings. The second-order valence-corrected chi connectivity index (χ2v) is 6.46. The topological polar surface area (TPSA) is 74.7 Å². The van der Waals surface area contributed by atoms with Crippen molar-refractivity contribution in [2.75, 3.05) is 13.1 Å². The highest BCUT2D eigenvalue weighted by Crippen LogP contribution is 2.20. The number of phenolic OH excluding ortho intramolecular Hbond substituents is 1. The molecule has 0 saturated heterocycles. The molecule has 19 heavy (non-hydrogen) atoms. The van der Waals surface area contributed by atoms with Gasteiger partial charge in [0.1, 0.15) is 11.0 Å². The van der Waals surface area contributed by atoms with Crippen molar-refractivity contribution < 1.29 is 18.3 Å². The Balaban J connectivity index is 3.06. The Hall–Kier alpha value is -1.56. The Kier molecular flexibility index (Phi) is 4.94. The van der Waals surface area contributed by atoms with Crippen LogP contribution >= 0.6 is 0 Å². The van der Waals surface area contributed by atoms with Crippen LogP contribution in [0, 0.1) is 0 Å². The van der Waals surface area contributed by atoms with E-state index in [0.717, 1.165) is 0 Å². The van der Waals surface area contributed by atoms with E-state index in [4.69, 9.17) is 5.11 Å². The molecular weight excluding hydrogens is 266 g/mol. The highest BCUT2D eigenvalue weighted by molar-refractivity contribution is 7.92. The Bertz CT molecular complexity index is 532. The number of sulfone groups is 1. The van der Waals surface area contributed by atoms with Crippen LogP contribution in [0.1, 0.15) is 20.8 Å². The van der Waals surface area contributed by atoms with Gasteiger partial charge in [-0.05, 0) is 45.0 Å². The number of benzene rings is 1. The highest BCUT2D eigenvalue weighted by atomic mass is 32.2. The molecule has 0 unspecified atom stereocenters. The van der Waals surface area contributed by atoms with Gasteiger partial charge >= 0.3 is 0 Å². The summed E-state index contributed by atoms with van der Waals surface area (Å²) in [5, 5.41) is 8.04. The average Bonchev–Trinajstić information content (AvgIpc) is 2.39. The first-order valence-corrected chi connectivity index (χ1v) is 7.70. The van der Waals surface area contributed by atoms with Crippen LogP contribution in [0.5, 0.6) is 5.75 Å². The zero-order valence-electron chi connectivity index (χ0n) is 11.3. The van der Waals surface area contributed by atoms with Crippen molar-refractivity contribution in [1.29, 1.82) is 0 Å². The number of rotatable bonds is 5. The van der Waals surface area contributed by atoms with Crippen molar-refractivity contribution >= 4 is 15.7 Å². The fourth-order valence-corrected chi connectivity index (χ4v) is 3.10. The van der Waals surface area contributed by atoms with Gasteiger partial charge in [0, 0.05) is 13.1 Å². The summed E-state index contributed by atoms with van der Waals surface area (Å²) in [6.07, 6.45) is 0. The molecule has 0 aromatic heterocycles. The highest BCUT2D eigenvalue weighted by Gasteiger charge is 2.31. The van der Waals surface area contributed by atoms with Gasteiger partial charge in [-0.1, -0.05) is 0 Å². The van der Waals surface area contributed by atoms with Gasteiger partial charge in [0.2, 0.25) is 5.91 Å². The first-order valence-electron chi connectivity index (χ1n) is 6.16. The van der Waals surface area contributed by atoms with E-state index in [9.17, 15) is 13.2 Å². The molecule has 1 amide bonds. The molecular formula is C13H19NO4S. The molecule has 106 valence electrons. The fourth-order valence-electron chi connectivity index (χ4n) is 1.77. The van der Waals surface area contributed by atoms with Crippen LogP contribution in [0.2, 0.25) is 0 Å². The van der Waals surface area contributed by atoms with E-state index in [1.165, 1.54) is 36.1 Å². The first-order chi connectivity index (χ1) is 8.84. The number of hydrogen-bond donors (Lipinski definition) is 1. The molecule has 0 spiro atoms. The number of carbonyl (C=O) groups is 1. The normalized spacial score (nSPS) is 13.0. The van der Waals surface area contributed by atoms with E-state index < -0.39 is 21.0 Å². The SMILES string of the molecule is CCN(CC)C(=O)[C@@H](C)S(=O)(=O)c1ccc(O)cc1. The van der Waals surface area contributed by atoms with E-state index in [2.05, 4.69) is 0 Å². The van der Waals surface area contributed by atoms with Crippen molar-refractivity contribution in [2.24, 2.45) is 0 Å². The third-order valence-corrected chi connectivity index (χ3v) is 5.12. The average molecular weight is 285 g/mol. The summed E-state index contributed by atoms with van der Waals surface area (Å²) in [5.74, 6) is -0.417. The lowest BCUT2D eigenvalue weighted by molar-refractivity contribution is -0.130. The second kappa shape index (κ2) is 6.06. The molecule has 1 rings (SSSR count). The maximum absolute atomic E-state index is 12.3. The van der Waals surface area contributed by atoms with Gasteiger partial charge in [0.15, 0.2) is 9.84 Å². The summed E-state index contributed by atoms with van der Waals surface area (Å²) in [6, 6.07) is 5.19. The van der Waals surface area contributed by atoms with Gasteiger partial charge in [0.05, 0.1) is 4.90 Å². The third kappa shape index (κ3) is 3.26. The zero-order chi connectivity index (χ0) is 14.6. The molecule has 1 N–H and O–H groups in total. The number of aromatic hydroxyl groups is 1. The lowest BCUT2D eigenvalue weighted by atomic mass is 10.3. The van der Waals surface area contributed by atoms with Crippen molar-refractivity contribution in [2.45, 2.75) is 30.9 Å². The van der Waals surface area contributed by atoms with Crippen molar-refractivity contribution in [3.8, 4) is 5.75 Å². The molecule has 0 fully saturated rings. The Morgan fingerprint density at radius 2 is 1.68 bits per heavy atom. The molecule has 0 saturated carbocycles. The zero-order valence-corrected chi connectivity index (χ0v) is 12.1. The lowest BCUT2D eigenvalue weighted by Crippen LogP contribution is -2.41. The molecule has 5 nitrogen and oxygen atoms in total.